The summed E-state index contributed by atoms with van der Waals surface area (Å²) >= 11 is 5.65. The molecular weight excluding hydrogens is 254 g/mol. The maximum Gasteiger partial charge on any atom is 0.287 e. The van der Waals surface area contributed by atoms with E-state index in [-0.39, 0.29) is 16.3 Å². The number of benzene rings is 1. The number of nitrogens with two attached hydrogens (primary N) is 1. The first-order valence-corrected chi connectivity index (χ1v) is 5.05. The van der Waals surface area contributed by atoms with Crippen molar-refractivity contribution >= 4 is 23.2 Å². The zero-order valence-electron chi connectivity index (χ0n) is 8.71. The second-order valence-electron chi connectivity index (χ2n) is 3.43. The van der Waals surface area contributed by atoms with Gasteiger partial charge in [-0.25, -0.2) is 8.78 Å². The molecule has 17 heavy (non-hydrogen) atoms. The molecule has 0 aliphatic rings. The summed E-state index contributed by atoms with van der Waals surface area (Å²) in [5.74, 6) is -4.12. The molecule has 1 rings (SSSR count). The van der Waals surface area contributed by atoms with Crippen molar-refractivity contribution in [3.05, 3.63) is 28.8 Å². The van der Waals surface area contributed by atoms with Gasteiger partial charge in [0.2, 0.25) is 0 Å². The van der Waals surface area contributed by atoms with Crippen LogP contribution in [0.25, 0.3) is 0 Å². The third-order valence-corrected chi connectivity index (χ3v) is 2.23. The third-order valence-electron chi connectivity index (χ3n) is 2.00. The highest BCUT2D eigenvalue weighted by Gasteiger charge is 2.28. The van der Waals surface area contributed by atoms with Crippen LogP contribution in [0.15, 0.2) is 18.2 Å². The second-order valence-corrected chi connectivity index (χ2v) is 3.86. The van der Waals surface area contributed by atoms with Crippen LogP contribution in [0.2, 0.25) is 5.02 Å². The molecule has 1 aromatic rings. The number of alkyl halides is 2. The topological polar surface area (TPSA) is 75.4 Å². The summed E-state index contributed by atoms with van der Waals surface area (Å²) in [6.45, 7) is -2.30. The quantitative estimate of drug-likeness (QED) is 0.717. The average Bonchev–Trinajstić information content (AvgIpc) is 2.29. The Hall–Kier alpha value is -1.40. The summed E-state index contributed by atoms with van der Waals surface area (Å²) in [5.41, 5.74) is 5.66. The predicted molar refractivity (Wildman–Crippen MR) is 60.2 cm³/mol. The van der Waals surface area contributed by atoms with E-state index in [2.05, 4.69) is 0 Å². The van der Waals surface area contributed by atoms with Gasteiger partial charge in [-0.15, -0.1) is 0 Å². The van der Waals surface area contributed by atoms with Crippen molar-refractivity contribution in [1.82, 2.24) is 5.32 Å². The number of hydrogen-bond donors (Lipinski definition) is 3. The van der Waals surface area contributed by atoms with Gasteiger partial charge in [-0.2, -0.15) is 0 Å². The molecular formula is C10H11ClF2N2O2. The zero-order valence-corrected chi connectivity index (χ0v) is 9.47. The van der Waals surface area contributed by atoms with Crippen LogP contribution in [0.4, 0.5) is 14.5 Å². The number of nitrogen functional groups attached to an aromatic ring is 1. The lowest BCUT2D eigenvalue weighted by atomic mass is 10.1. The number of carbonyl (C=O) groups is 1. The van der Waals surface area contributed by atoms with E-state index in [0.717, 1.165) is 0 Å². The SMILES string of the molecule is Nc1ccc(Cl)cc1C(=O)NCC(F)(F)CO. The minimum Gasteiger partial charge on any atom is -0.398 e. The molecule has 94 valence electrons. The molecule has 0 saturated heterocycles. The summed E-state index contributed by atoms with van der Waals surface area (Å²) in [4.78, 5) is 11.5. The van der Waals surface area contributed by atoms with Gasteiger partial charge in [-0.05, 0) is 18.2 Å². The molecule has 0 heterocycles. The first kappa shape index (κ1) is 13.7. The minimum atomic E-state index is -3.36. The Morgan fingerprint density at radius 3 is 2.76 bits per heavy atom. The molecule has 4 nitrogen and oxygen atoms in total. The molecule has 0 radical (unpaired) electrons. The van der Waals surface area contributed by atoms with Crippen molar-refractivity contribution in [3.63, 3.8) is 0 Å². The number of anilines is 1. The van der Waals surface area contributed by atoms with E-state index in [4.69, 9.17) is 22.4 Å². The summed E-state index contributed by atoms with van der Waals surface area (Å²) < 4.78 is 25.4. The molecule has 0 spiro atoms. The van der Waals surface area contributed by atoms with Crippen molar-refractivity contribution in [3.8, 4) is 0 Å². The van der Waals surface area contributed by atoms with Crippen LogP contribution in [-0.4, -0.2) is 30.1 Å². The van der Waals surface area contributed by atoms with Crippen LogP contribution in [0, 0.1) is 0 Å². The molecule has 0 fully saturated rings. The predicted octanol–water partition coefficient (Wildman–Crippen LogP) is 1.28. The lowest BCUT2D eigenvalue weighted by Gasteiger charge is -2.14. The van der Waals surface area contributed by atoms with E-state index >= 15 is 0 Å². The highest BCUT2D eigenvalue weighted by Crippen LogP contribution is 2.18. The molecule has 0 unspecified atom stereocenters. The maximum atomic E-state index is 12.7. The van der Waals surface area contributed by atoms with E-state index in [0.29, 0.717) is 0 Å². The van der Waals surface area contributed by atoms with Crippen LogP contribution in [0.5, 0.6) is 0 Å². The number of aliphatic hydroxyl groups is 1. The summed E-state index contributed by atoms with van der Waals surface area (Å²) in [6, 6.07) is 4.17. The molecule has 0 atom stereocenters. The zero-order chi connectivity index (χ0) is 13.1. The Morgan fingerprint density at radius 1 is 1.53 bits per heavy atom. The Labute approximate surface area is 101 Å². The first-order chi connectivity index (χ1) is 7.85. The fourth-order valence-electron chi connectivity index (χ4n) is 1.09. The van der Waals surface area contributed by atoms with E-state index in [9.17, 15) is 13.6 Å². The van der Waals surface area contributed by atoms with Crippen LogP contribution in [-0.2, 0) is 0 Å². The van der Waals surface area contributed by atoms with Crippen LogP contribution >= 0.6 is 11.6 Å². The van der Waals surface area contributed by atoms with Gasteiger partial charge in [0.05, 0.1) is 12.1 Å². The van der Waals surface area contributed by atoms with Gasteiger partial charge in [0.1, 0.15) is 6.61 Å². The lowest BCUT2D eigenvalue weighted by Crippen LogP contribution is -2.39. The van der Waals surface area contributed by atoms with E-state index in [1.807, 2.05) is 5.32 Å². The largest absolute Gasteiger partial charge is 0.398 e. The van der Waals surface area contributed by atoms with E-state index < -0.39 is 25.0 Å². The molecule has 0 aliphatic carbocycles. The second kappa shape index (κ2) is 5.29. The fraction of sp³-hybridized carbons (Fsp3) is 0.300. The van der Waals surface area contributed by atoms with Gasteiger partial charge in [0, 0.05) is 10.7 Å². The Bertz CT molecular complexity index is 427. The van der Waals surface area contributed by atoms with Crippen LogP contribution < -0.4 is 11.1 Å². The first-order valence-electron chi connectivity index (χ1n) is 4.67. The van der Waals surface area contributed by atoms with E-state index in [1.165, 1.54) is 18.2 Å². The number of rotatable bonds is 4. The number of carbonyl (C=O) groups excluding carboxylic acids is 1. The van der Waals surface area contributed by atoms with Crippen LogP contribution in [0.3, 0.4) is 0 Å². The Morgan fingerprint density at radius 2 is 2.18 bits per heavy atom. The number of amides is 1. The maximum absolute atomic E-state index is 12.7. The third kappa shape index (κ3) is 3.83. The van der Waals surface area contributed by atoms with E-state index in [1.54, 1.807) is 0 Å². The van der Waals surface area contributed by atoms with Crippen molar-refractivity contribution in [2.24, 2.45) is 0 Å². The number of hydrogen-bond acceptors (Lipinski definition) is 3. The van der Waals surface area contributed by atoms with Gasteiger partial charge in [-0.1, -0.05) is 11.6 Å². The summed E-state index contributed by atoms with van der Waals surface area (Å²) in [7, 11) is 0. The summed E-state index contributed by atoms with van der Waals surface area (Å²) in [6.07, 6.45) is 0. The van der Waals surface area contributed by atoms with Gasteiger partial charge >= 0.3 is 0 Å². The van der Waals surface area contributed by atoms with Crippen molar-refractivity contribution in [1.29, 1.82) is 0 Å². The molecule has 0 aromatic heterocycles. The van der Waals surface area contributed by atoms with Crippen LogP contribution in [0.1, 0.15) is 10.4 Å². The van der Waals surface area contributed by atoms with Gasteiger partial charge < -0.3 is 16.2 Å². The normalized spacial score (nSPS) is 11.3. The monoisotopic (exact) mass is 264 g/mol. The molecule has 7 heteroatoms. The van der Waals surface area contributed by atoms with Gasteiger partial charge in [0.15, 0.2) is 0 Å². The smallest absolute Gasteiger partial charge is 0.287 e. The highest BCUT2D eigenvalue weighted by atomic mass is 35.5. The van der Waals surface area contributed by atoms with Crippen molar-refractivity contribution < 1.29 is 18.7 Å². The minimum absolute atomic E-state index is 0.0197. The molecule has 1 amide bonds. The number of halogens is 3. The van der Waals surface area contributed by atoms with Gasteiger partial charge in [0.25, 0.3) is 11.8 Å². The standard InChI is InChI=1S/C10H11ClF2N2O2/c11-6-1-2-8(14)7(3-6)9(17)15-4-10(12,13)5-16/h1-3,16H,4-5,14H2,(H,15,17). The van der Waals surface area contributed by atoms with Crippen molar-refractivity contribution in [2.75, 3.05) is 18.9 Å². The number of aliphatic hydroxyl groups excluding tert-OH is 1. The lowest BCUT2D eigenvalue weighted by molar-refractivity contribution is -0.0461. The van der Waals surface area contributed by atoms with Gasteiger partial charge in [-0.3, -0.25) is 4.79 Å². The Balaban J connectivity index is 2.74. The molecule has 0 bridgehead atoms. The average molecular weight is 265 g/mol. The Kier molecular flexibility index (Phi) is 4.25. The molecule has 0 aliphatic heterocycles. The van der Waals surface area contributed by atoms with Crippen molar-refractivity contribution in [2.45, 2.75) is 5.92 Å². The molecule has 4 N–H and O–H groups in total. The summed E-state index contributed by atoms with van der Waals surface area (Å²) in [5, 5.41) is 10.6. The molecule has 0 saturated carbocycles. The molecule has 1 aromatic carbocycles. The number of nitrogens with one attached hydrogen (secondary N) is 1. The fourth-order valence-corrected chi connectivity index (χ4v) is 1.26. The highest BCUT2D eigenvalue weighted by molar-refractivity contribution is 6.31.